The van der Waals surface area contributed by atoms with Crippen LogP contribution in [0.1, 0.15) is 13.8 Å². The van der Waals surface area contributed by atoms with Gasteiger partial charge in [0, 0.05) is 6.54 Å². The summed E-state index contributed by atoms with van der Waals surface area (Å²) in [5, 5.41) is 17.3. The Morgan fingerprint density at radius 2 is 1.92 bits per heavy atom. The van der Waals surface area contributed by atoms with E-state index in [1.165, 1.54) is 18.7 Å². The summed E-state index contributed by atoms with van der Waals surface area (Å²) in [4.78, 5) is 22.5. The van der Waals surface area contributed by atoms with Gasteiger partial charge in [0.15, 0.2) is 0 Å². The first kappa shape index (κ1) is 8.99. The van der Waals surface area contributed by atoms with E-state index in [-0.39, 0.29) is 0 Å². The molecule has 5 heteroatoms. The molecular formula is C7H11NO4. The lowest BCUT2D eigenvalue weighted by Crippen LogP contribution is -2.41. The first-order valence-corrected chi connectivity index (χ1v) is 3.60. The van der Waals surface area contributed by atoms with Crippen LogP contribution in [0.15, 0.2) is 0 Å². The minimum absolute atomic E-state index is 0.328. The highest BCUT2D eigenvalue weighted by molar-refractivity contribution is 5.83. The number of carbonyl (C=O) groups is 2. The zero-order valence-electron chi connectivity index (χ0n) is 6.94. The van der Waals surface area contributed by atoms with E-state index in [9.17, 15) is 9.59 Å². The molecule has 2 atom stereocenters. The predicted octanol–water partition coefficient (Wildman–Crippen LogP) is -0.382. The summed E-state index contributed by atoms with van der Waals surface area (Å²) < 4.78 is 0. The molecule has 5 nitrogen and oxygen atoms in total. The topological polar surface area (TPSA) is 77.6 Å². The second-order valence-electron chi connectivity index (χ2n) is 3.37. The van der Waals surface area contributed by atoms with Crippen LogP contribution in [0.5, 0.6) is 0 Å². The van der Waals surface area contributed by atoms with E-state index in [1.807, 2.05) is 0 Å². The van der Waals surface area contributed by atoms with Gasteiger partial charge >= 0.3 is 11.9 Å². The third kappa shape index (κ3) is 1.27. The first-order valence-electron chi connectivity index (χ1n) is 3.60. The van der Waals surface area contributed by atoms with Gasteiger partial charge in [0.1, 0.15) is 11.6 Å². The van der Waals surface area contributed by atoms with Crippen LogP contribution >= 0.6 is 0 Å². The first-order chi connectivity index (χ1) is 5.37. The van der Waals surface area contributed by atoms with Crippen molar-refractivity contribution in [2.45, 2.75) is 25.4 Å². The number of aliphatic carboxylic acids is 2. The summed E-state index contributed by atoms with van der Waals surface area (Å²) in [6.45, 7) is 3.32. The smallest absolute Gasteiger partial charge is 0.323 e. The van der Waals surface area contributed by atoms with Crippen LogP contribution in [0, 0.1) is 0 Å². The van der Waals surface area contributed by atoms with E-state index in [0.29, 0.717) is 6.54 Å². The van der Waals surface area contributed by atoms with Gasteiger partial charge in [-0.3, -0.25) is 14.5 Å². The molecule has 1 unspecified atom stereocenters. The van der Waals surface area contributed by atoms with Gasteiger partial charge in [-0.25, -0.2) is 0 Å². The average Bonchev–Trinajstić information content (AvgIpc) is 2.63. The molecule has 1 saturated heterocycles. The van der Waals surface area contributed by atoms with Gasteiger partial charge in [0.05, 0.1) is 0 Å². The van der Waals surface area contributed by atoms with Crippen LogP contribution in [0.3, 0.4) is 0 Å². The molecule has 12 heavy (non-hydrogen) atoms. The molecule has 1 aliphatic heterocycles. The van der Waals surface area contributed by atoms with Crippen molar-refractivity contribution in [3.8, 4) is 0 Å². The molecule has 68 valence electrons. The lowest BCUT2D eigenvalue weighted by molar-refractivity contribution is -0.147. The number of carboxylic acids is 2. The Labute approximate surface area is 69.6 Å². The lowest BCUT2D eigenvalue weighted by Gasteiger charge is -2.20. The van der Waals surface area contributed by atoms with Gasteiger partial charge in [-0.1, -0.05) is 0 Å². The largest absolute Gasteiger partial charge is 0.480 e. The maximum absolute atomic E-state index is 10.6. The molecular weight excluding hydrogens is 162 g/mol. The molecule has 0 saturated carbocycles. The Hall–Kier alpha value is -1.10. The minimum Gasteiger partial charge on any atom is -0.480 e. The standard InChI is InChI=1S/C7H11NO4/c1-7(2,6(11)12)8-3-4(8)5(9)10/h4H,3H2,1-2H3,(H,9,10)(H,11,12)/t4-,8?/m1/s1. The molecule has 1 heterocycles. The van der Waals surface area contributed by atoms with Crippen LogP contribution < -0.4 is 0 Å². The molecule has 0 bridgehead atoms. The molecule has 1 fully saturated rings. The normalized spacial score (nSPS) is 28.2. The van der Waals surface area contributed by atoms with Gasteiger partial charge in [-0.05, 0) is 13.8 Å². The monoisotopic (exact) mass is 173 g/mol. The van der Waals surface area contributed by atoms with Crippen molar-refractivity contribution in [3.63, 3.8) is 0 Å². The number of rotatable bonds is 3. The molecule has 0 aliphatic carbocycles. The molecule has 0 spiro atoms. The van der Waals surface area contributed by atoms with Gasteiger partial charge < -0.3 is 10.2 Å². The van der Waals surface area contributed by atoms with Crippen LogP contribution in [0.4, 0.5) is 0 Å². The van der Waals surface area contributed by atoms with Crippen molar-refractivity contribution in [2.75, 3.05) is 6.54 Å². The molecule has 0 aromatic heterocycles. The third-order valence-corrected chi connectivity index (χ3v) is 2.14. The van der Waals surface area contributed by atoms with E-state index < -0.39 is 23.5 Å². The fourth-order valence-corrected chi connectivity index (χ4v) is 1.09. The second kappa shape index (κ2) is 2.45. The van der Waals surface area contributed by atoms with Crippen LogP contribution in [-0.2, 0) is 9.59 Å². The molecule has 1 aliphatic rings. The fourth-order valence-electron chi connectivity index (χ4n) is 1.09. The molecule has 1 rings (SSSR count). The van der Waals surface area contributed by atoms with Crippen molar-refractivity contribution in [1.29, 1.82) is 0 Å². The Morgan fingerprint density at radius 1 is 1.42 bits per heavy atom. The summed E-state index contributed by atoms with van der Waals surface area (Å²) in [5.41, 5.74) is -1.07. The summed E-state index contributed by atoms with van der Waals surface area (Å²) in [6, 6.07) is -0.615. The van der Waals surface area contributed by atoms with E-state index in [4.69, 9.17) is 10.2 Å². The van der Waals surface area contributed by atoms with Gasteiger partial charge in [-0.2, -0.15) is 0 Å². The van der Waals surface area contributed by atoms with Crippen molar-refractivity contribution < 1.29 is 19.8 Å². The van der Waals surface area contributed by atoms with E-state index in [0.717, 1.165) is 0 Å². The second-order valence-corrected chi connectivity index (χ2v) is 3.37. The predicted molar refractivity (Wildman–Crippen MR) is 39.8 cm³/mol. The highest BCUT2D eigenvalue weighted by atomic mass is 16.4. The minimum atomic E-state index is -1.07. The van der Waals surface area contributed by atoms with Crippen molar-refractivity contribution in [2.24, 2.45) is 0 Å². The Morgan fingerprint density at radius 3 is 2.17 bits per heavy atom. The summed E-state index contributed by atoms with van der Waals surface area (Å²) in [7, 11) is 0. The van der Waals surface area contributed by atoms with Gasteiger partial charge in [0.25, 0.3) is 0 Å². The molecule has 0 amide bonds. The molecule has 2 N–H and O–H groups in total. The van der Waals surface area contributed by atoms with E-state index >= 15 is 0 Å². The number of carboxylic acid groups (broad SMARTS) is 2. The highest BCUT2D eigenvalue weighted by Gasteiger charge is 2.52. The zero-order valence-corrected chi connectivity index (χ0v) is 6.94. The SMILES string of the molecule is CC(C)(C(=O)O)N1C[C@@H]1C(=O)O. The summed E-state index contributed by atoms with van der Waals surface area (Å²) in [5.74, 6) is -1.95. The lowest BCUT2D eigenvalue weighted by atomic mass is 10.1. The summed E-state index contributed by atoms with van der Waals surface area (Å²) in [6.07, 6.45) is 0. The number of hydrogen-bond donors (Lipinski definition) is 2. The number of hydrogen-bond acceptors (Lipinski definition) is 3. The van der Waals surface area contributed by atoms with Crippen molar-refractivity contribution >= 4 is 11.9 Å². The Balaban J connectivity index is 2.64. The fraction of sp³-hybridized carbons (Fsp3) is 0.714. The van der Waals surface area contributed by atoms with E-state index in [1.54, 1.807) is 0 Å². The van der Waals surface area contributed by atoms with Crippen molar-refractivity contribution in [1.82, 2.24) is 4.90 Å². The average molecular weight is 173 g/mol. The zero-order chi connectivity index (χ0) is 9.52. The molecule has 0 radical (unpaired) electrons. The highest BCUT2D eigenvalue weighted by Crippen LogP contribution is 2.29. The maximum Gasteiger partial charge on any atom is 0.323 e. The van der Waals surface area contributed by atoms with Gasteiger partial charge in [0.2, 0.25) is 0 Å². The quantitative estimate of drug-likeness (QED) is 0.569. The molecule has 0 aromatic carbocycles. The van der Waals surface area contributed by atoms with E-state index in [2.05, 4.69) is 0 Å². The Kier molecular flexibility index (Phi) is 1.83. The van der Waals surface area contributed by atoms with Gasteiger partial charge in [-0.15, -0.1) is 0 Å². The van der Waals surface area contributed by atoms with Crippen LogP contribution in [-0.4, -0.2) is 45.2 Å². The molecule has 0 aromatic rings. The third-order valence-electron chi connectivity index (χ3n) is 2.14. The van der Waals surface area contributed by atoms with Crippen molar-refractivity contribution in [3.05, 3.63) is 0 Å². The summed E-state index contributed by atoms with van der Waals surface area (Å²) >= 11 is 0. The Bertz CT molecular complexity index is 236. The van der Waals surface area contributed by atoms with Crippen LogP contribution in [0.25, 0.3) is 0 Å². The number of nitrogens with zero attached hydrogens (tertiary/aromatic N) is 1. The maximum atomic E-state index is 10.6. The van der Waals surface area contributed by atoms with Crippen LogP contribution in [0.2, 0.25) is 0 Å².